The number of benzene rings is 2. The molecule has 3 aromatic rings. The minimum Gasteiger partial charge on any atom is -0.508 e. The molecule has 0 aliphatic carbocycles. The maximum absolute atomic E-state index is 12.6. The lowest BCUT2D eigenvalue weighted by Gasteiger charge is -2.32. The molecule has 0 fully saturated rings. The van der Waals surface area contributed by atoms with Crippen LogP contribution in [0.5, 0.6) is 11.5 Å². The van der Waals surface area contributed by atoms with E-state index in [4.69, 9.17) is 0 Å². The lowest BCUT2D eigenvalue weighted by atomic mass is 9.93. The second-order valence-corrected chi connectivity index (χ2v) is 6.91. The summed E-state index contributed by atoms with van der Waals surface area (Å²) in [5.41, 5.74) is 2.92. The van der Waals surface area contributed by atoms with Crippen LogP contribution in [0.25, 0.3) is 11.1 Å². The molecule has 0 bridgehead atoms. The summed E-state index contributed by atoms with van der Waals surface area (Å²) in [5.74, 6) is 0.183. The van der Waals surface area contributed by atoms with Crippen LogP contribution in [-0.4, -0.2) is 21.2 Å². The predicted molar refractivity (Wildman–Crippen MR) is 95.2 cm³/mol. The third-order valence-electron chi connectivity index (χ3n) is 4.34. The largest absolute Gasteiger partial charge is 0.508 e. The molecular weight excluding hydrogens is 338 g/mol. The molecule has 5 nitrogen and oxygen atoms in total. The monoisotopic (exact) mass is 353 g/mol. The Hall–Kier alpha value is -2.83. The van der Waals surface area contributed by atoms with Crippen LogP contribution in [0.4, 0.5) is 5.69 Å². The summed E-state index contributed by atoms with van der Waals surface area (Å²) in [6.07, 6.45) is 0.251. The van der Waals surface area contributed by atoms with E-state index in [1.807, 2.05) is 5.38 Å². The zero-order valence-corrected chi connectivity index (χ0v) is 13.9. The number of thiophene rings is 1. The summed E-state index contributed by atoms with van der Waals surface area (Å²) in [6, 6.07) is 12.2. The molecule has 3 N–H and O–H groups in total. The molecule has 0 saturated heterocycles. The molecule has 126 valence electrons. The van der Waals surface area contributed by atoms with E-state index in [0.717, 1.165) is 21.1 Å². The van der Waals surface area contributed by atoms with Gasteiger partial charge in [-0.05, 0) is 35.4 Å². The molecule has 6 heteroatoms. The number of Topliss-reactive ketones (excluding diaryl/α,β-unsaturated/α-hetero) is 1. The molecular formula is C19H15NO4S. The Morgan fingerprint density at radius 3 is 2.20 bits per heavy atom. The minimum atomic E-state index is -0.807. The average molecular weight is 353 g/mol. The first-order valence-electron chi connectivity index (χ1n) is 7.74. The Morgan fingerprint density at radius 2 is 1.56 bits per heavy atom. The number of hydrogen-bond acceptors (Lipinski definition) is 6. The van der Waals surface area contributed by atoms with Gasteiger partial charge in [0.05, 0.1) is 5.69 Å². The van der Waals surface area contributed by atoms with Crippen LogP contribution in [0, 0.1) is 0 Å². The highest BCUT2D eigenvalue weighted by Crippen LogP contribution is 2.45. The van der Waals surface area contributed by atoms with Crippen molar-refractivity contribution in [2.24, 2.45) is 0 Å². The first-order chi connectivity index (χ1) is 12.0. The summed E-state index contributed by atoms with van der Waals surface area (Å²) in [7, 11) is 0. The second kappa shape index (κ2) is 5.91. The standard InChI is InChI=1S/C19H15NO4S/c21-13-5-1-11(2-6-13)15-10-25-17-9-16(23)18(20(24)19(15)17)12-3-7-14(22)8-4-12/h1-8,10,18,21-22,24H,9H2. The Labute approximate surface area is 148 Å². The first-order valence-corrected chi connectivity index (χ1v) is 8.62. The van der Waals surface area contributed by atoms with Crippen molar-refractivity contribution in [3.63, 3.8) is 0 Å². The first kappa shape index (κ1) is 15.7. The third-order valence-corrected chi connectivity index (χ3v) is 5.31. The van der Waals surface area contributed by atoms with Crippen LogP contribution < -0.4 is 5.06 Å². The van der Waals surface area contributed by atoms with Gasteiger partial charge in [-0.25, -0.2) is 5.06 Å². The normalized spacial score (nSPS) is 16.8. The summed E-state index contributed by atoms with van der Waals surface area (Å²) in [4.78, 5) is 13.4. The number of rotatable bonds is 2. The number of hydrogen-bond donors (Lipinski definition) is 3. The van der Waals surface area contributed by atoms with Gasteiger partial charge in [-0.15, -0.1) is 11.3 Å². The highest BCUT2D eigenvalue weighted by molar-refractivity contribution is 7.11. The molecule has 4 rings (SSSR count). The van der Waals surface area contributed by atoms with Crippen molar-refractivity contribution in [3.05, 3.63) is 64.4 Å². The van der Waals surface area contributed by atoms with Crippen LogP contribution in [0.2, 0.25) is 0 Å². The van der Waals surface area contributed by atoms with Crippen molar-refractivity contribution < 1.29 is 20.2 Å². The molecule has 0 radical (unpaired) electrons. The number of hydroxylamine groups is 1. The smallest absolute Gasteiger partial charge is 0.167 e. The van der Waals surface area contributed by atoms with Crippen molar-refractivity contribution >= 4 is 22.8 Å². The number of nitrogens with zero attached hydrogens (tertiary/aromatic N) is 1. The summed E-state index contributed by atoms with van der Waals surface area (Å²) < 4.78 is 0. The maximum Gasteiger partial charge on any atom is 0.167 e. The maximum atomic E-state index is 12.6. The quantitative estimate of drug-likeness (QED) is 0.651. The highest BCUT2D eigenvalue weighted by atomic mass is 32.1. The fourth-order valence-corrected chi connectivity index (χ4v) is 4.17. The molecule has 0 spiro atoms. The minimum absolute atomic E-state index is 0.0974. The van der Waals surface area contributed by atoms with Crippen molar-refractivity contribution in [2.45, 2.75) is 12.5 Å². The number of ketones is 1. The number of carbonyl (C=O) groups is 1. The zero-order valence-electron chi connectivity index (χ0n) is 13.1. The van der Waals surface area contributed by atoms with Crippen LogP contribution in [0.15, 0.2) is 53.9 Å². The van der Waals surface area contributed by atoms with Gasteiger partial charge in [-0.3, -0.25) is 10.0 Å². The van der Waals surface area contributed by atoms with Gasteiger partial charge in [0.15, 0.2) is 5.78 Å². The Morgan fingerprint density at radius 1 is 0.960 bits per heavy atom. The van der Waals surface area contributed by atoms with Crippen molar-refractivity contribution in [1.82, 2.24) is 0 Å². The lowest BCUT2D eigenvalue weighted by Crippen LogP contribution is -2.36. The third kappa shape index (κ3) is 2.65. The zero-order chi connectivity index (χ0) is 17.6. The van der Waals surface area contributed by atoms with Gasteiger partial charge in [0.1, 0.15) is 17.5 Å². The molecule has 1 aromatic heterocycles. The summed E-state index contributed by atoms with van der Waals surface area (Å²) >= 11 is 1.43. The van der Waals surface area contributed by atoms with Gasteiger partial charge in [0.25, 0.3) is 0 Å². The topological polar surface area (TPSA) is 81.0 Å². The van der Waals surface area contributed by atoms with Gasteiger partial charge in [0, 0.05) is 22.2 Å². The number of phenolic OH excluding ortho intramolecular Hbond substituents is 2. The molecule has 2 heterocycles. The van der Waals surface area contributed by atoms with Crippen LogP contribution in [-0.2, 0) is 11.2 Å². The van der Waals surface area contributed by atoms with E-state index in [-0.39, 0.29) is 23.7 Å². The molecule has 0 amide bonds. The highest BCUT2D eigenvalue weighted by Gasteiger charge is 2.36. The molecule has 0 saturated carbocycles. The van der Waals surface area contributed by atoms with Gasteiger partial charge in [0.2, 0.25) is 0 Å². The average Bonchev–Trinajstić information content (AvgIpc) is 3.01. The fourth-order valence-electron chi connectivity index (χ4n) is 3.12. The Balaban J connectivity index is 1.79. The lowest BCUT2D eigenvalue weighted by molar-refractivity contribution is -0.121. The second-order valence-electron chi connectivity index (χ2n) is 5.95. The van der Waals surface area contributed by atoms with Crippen molar-refractivity contribution in [1.29, 1.82) is 0 Å². The van der Waals surface area contributed by atoms with Crippen molar-refractivity contribution in [2.75, 3.05) is 5.06 Å². The van der Waals surface area contributed by atoms with Crippen LogP contribution >= 0.6 is 11.3 Å². The number of aromatic hydroxyl groups is 2. The molecule has 2 aromatic carbocycles. The summed E-state index contributed by atoms with van der Waals surface area (Å²) in [5, 5.41) is 32.7. The molecule has 1 unspecified atom stereocenters. The number of phenols is 2. The number of fused-ring (bicyclic) bond motifs is 1. The van der Waals surface area contributed by atoms with Gasteiger partial charge >= 0.3 is 0 Å². The number of carbonyl (C=O) groups excluding carboxylic acids is 1. The van der Waals surface area contributed by atoms with Gasteiger partial charge in [-0.2, -0.15) is 0 Å². The van der Waals surface area contributed by atoms with Crippen LogP contribution in [0.3, 0.4) is 0 Å². The SMILES string of the molecule is O=C1Cc2scc(-c3ccc(O)cc3)c2N(O)C1c1ccc(O)cc1. The Kier molecular flexibility index (Phi) is 3.71. The van der Waals surface area contributed by atoms with Crippen LogP contribution in [0.1, 0.15) is 16.5 Å². The Bertz CT molecular complexity index is 931. The van der Waals surface area contributed by atoms with Gasteiger partial charge in [-0.1, -0.05) is 24.3 Å². The predicted octanol–water partition coefficient (Wildman–Crippen LogP) is 3.89. The van der Waals surface area contributed by atoms with E-state index < -0.39 is 6.04 Å². The summed E-state index contributed by atoms with van der Waals surface area (Å²) in [6.45, 7) is 0. The molecule has 25 heavy (non-hydrogen) atoms. The van der Waals surface area contributed by atoms with E-state index in [9.17, 15) is 20.2 Å². The van der Waals surface area contributed by atoms with E-state index in [1.54, 1.807) is 36.4 Å². The van der Waals surface area contributed by atoms with E-state index >= 15 is 0 Å². The molecule has 1 atom stereocenters. The van der Waals surface area contributed by atoms with E-state index in [0.29, 0.717) is 11.3 Å². The number of anilines is 1. The van der Waals surface area contributed by atoms with Crippen molar-refractivity contribution in [3.8, 4) is 22.6 Å². The van der Waals surface area contributed by atoms with Gasteiger partial charge < -0.3 is 10.2 Å². The van der Waals surface area contributed by atoms with E-state index in [1.165, 1.54) is 23.5 Å². The fraction of sp³-hybridized carbons (Fsp3) is 0.105. The molecule has 1 aliphatic rings. The van der Waals surface area contributed by atoms with E-state index in [2.05, 4.69) is 0 Å². The molecule has 1 aliphatic heterocycles.